The van der Waals surface area contributed by atoms with Gasteiger partial charge in [-0.1, -0.05) is 0 Å². The quantitative estimate of drug-likeness (QED) is 0.231. The van der Waals surface area contributed by atoms with Gasteiger partial charge in [0, 0.05) is 12.1 Å². The maximum Gasteiger partial charge on any atom is 0.244 e. The van der Waals surface area contributed by atoms with Gasteiger partial charge in [0.25, 0.3) is 0 Å². The lowest BCUT2D eigenvalue weighted by atomic mass is 10.2. The molecule has 98 valence electrons. The third-order valence-electron chi connectivity index (χ3n) is 3.28. The number of aryl methyl sites for hydroxylation is 4. The van der Waals surface area contributed by atoms with Crippen LogP contribution in [0.3, 0.4) is 0 Å². The van der Waals surface area contributed by atoms with Gasteiger partial charge in [-0.05, 0) is 0 Å². The second-order valence-corrected chi connectivity index (χ2v) is 4.50. The van der Waals surface area contributed by atoms with E-state index in [4.69, 9.17) is 0 Å². The summed E-state index contributed by atoms with van der Waals surface area (Å²) >= 11 is 0. The molecule has 2 aromatic heterocycles. The van der Waals surface area contributed by atoms with E-state index in [9.17, 15) is 0 Å². The van der Waals surface area contributed by atoms with E-state index < -0.39 is 0 Å². The summed E-state index contributed by atoms with van der Waals surface area (Å²) < 4.78 is 8.62. The van der Waals surface area contributed by atoms with E-state index in [0.29, 0.717) is 0 Å². The lowest BCUT2D eigenvalue weighted by molar-refractivity contribution is -0.649. The number of hydrogen-bond acceptors (Lipinski definition) is 0. The Hall–Kier alpha value is -0.380. The lowest BCUT2D eigenvalue weighted by Crippen LogP contribution is -3.00. The summed E-state index contributed by atoms with van der Waals surface area (Å²) in [5, 5.41) is 0. The number of halogens is 2. The minimum absolute atomic E-state index is 0. The summed E-state index contributed by atoms with van der Waals surface area (Å²) in [5.74, 6) is 0. The Morgan fingerprint density at radius 3 is 1.56 bits per heavy atom. The molecule has 2 heterocycles. The van der Waals surface area contributed by atoms with E-state index in [1.54, 1.807) is 0 Å². The minimum Gasteiger partial charge on any atom is -1.00 e. The van der Waals surface area contributed by atoms with Gasteiger partial charge in [0.05, 0.1) is 28.2 Å². The van der Waals surface area contributed by atoms with Crippen molar-refractivity contribution in [1.29, 1.82) is 0 Å². The monoisotopic (exact) mass is 470 g/mol. The maximum absolute atomic E-state index is 2.24. The summed E-state index contributed by atoms with van der Waals surface area (Å²) in [5.41, 5.74) is 5.04. The normalized spacial score (nSPS) is 10.4. The van der Waals surface area contributed by atoms with Crippen molar-refractivity contribution in [1.82, 2.24) is 9.13 Å². The Labute approximate surface area is 140 Å². The third-order valence-corrected chi connectivity index (χ3v) is 3.28. The van der Waals surface area contributed by atoms with Crippen LogP contribution in [0.4, 0.5) is 0 Å². The molecule has 0 fully saturated rings. The molecular weight excluding hydrogens is 454 g/mol. The van der Waals surface area contributed by atoms with Gasteiger partial charge in [-0.3, -0.25) is 0 Å². The van der Waals surface area contributed by atoms with Gasteiger partial charge in [-0.15, -0.1) is 0 Å². The standard InChI is InChI=1S/C12H16N4.2HI/c1-13-7-14(2)10-6-12-11(5-9(10)13)15(3)8-16(12)4;;/h5-8H,1-4H3;2*1H/q+2;;/p-2. The summed E-state index contributed by atoms with van der Waals surface area (Å²) in [6.45, 7) is 0. The van der Waals surface area contributed by atoms with E-state index in [-0.39, 0.29) is 48.0 Å². The van der Waals surface area contributed by atoms with Crippen molar-refractivity contribution in [2.45, 2.75) is 0 Å². The van der Waals surface area contributed by atoms with Gasteiger partial charge < -0.3 is 48.0 Å². The number of fused-ring (bicyclic) bond motifs is 2. The first-order valence-electron chi connectivity index (χ1n) is 5.37. The molecule has 0 radical (unpaired) electrons. The van der Waals surface area contributed by atoms with E-state index in [1.807, 2.05) is 0 Å². The second kappa shape index (κ2) is 5.32. The largest absolute Gasteiger partial charge is 1.00 e. The van der Waals surface area contributed by atoms with Gasteiger partial charge in [0.15, 0.2) is 22.1 Å². The number of hydrogen-bond donors (Lipinski definition) is 0. The van der Waals surface area contributed by atoms with Crippen LogP contribution in [0.5, 0.6) is 0 Å². The van der Waals surface area contributed by atoms with Crippen molar-refractivity contribution in [2.75, 3.05) is 0 Å². The van der Waals surface area contributed by atoms with Crippen molar-refractivity contribution in [3.05, 3.63) is 24.8 Å². The molecule has 0 saturated carbocycles. The van der Waals surface area contributed by atoms with Crippen LogP contribution in [0.15, 0.2) is 24.8 Å². The Balaban J connectivity index is 0.000000810. The van der Waals surface area contributed by atoms with Crippen LogP contribution in [0, 0.1) is 0 Å². The molecule has 0 aliphatic rings. The minimum atomic E-state index is 0. The molecule has 6 heteroatoms. The lowest BCUT2D eigenvalue weighted by Gasteiger charge is -1.90. The first-order chi connectivity index (χ1) is 7.58. The molecule has 4 nitrogen and oxygen atoms in total. The summed E-state index contributed by atoms with van der Waals surface area (Å²) in [7, 11) is 8.32. The molecule has 0 atom stereocenters. The van der Waals surface area contributed by atoms with Crippen LogP contribution in [-0.2, 0) is 28.2 Å². The number of aromatic nitrogens is 4. The predicted octanol–water partition coefficient (Wildman–Crippen LogP) is -5.67. The topological polar surface area (TPSA) is 17.6 Å². The molecule has 3 rings (SSSR count). The molecule has 0 bridgehead atoms. The number of rotatable bonds is 0. The maximum atomic E-state index is 2.24. The van der Waals surface area contributed by atoms with Crippen molar-refractivity contribution in [2.24, 2.45) is 28.2 Å². The van der Waals surface area contributed by atoms with Gasteiger partial charge >= 0.3 is 0 Å². The molecule has 1 aromatic carbocycles. The molecule has 0 aliphatic heterocycles. The van der Waals surface area contributed by atoms with Gasteiger partial charge in [0.1, 0.15) is 0 Å². The molecule has 0 saturated heterocycles. The molecule has 18 heavy (non-hydrogen) atoms. The Bertz CT molecular complexity index is 597. The highest BCUT2D eigenvalue weighted by atomic mass is 127. The summed E-state index contributed by atoms with van der Waals surface area (Å²) in [6.07, 6.45) is 4.20. The molecule has 0 amide bonds. The second-order valence-electron chi connectivity index (χ2n) is 4.50. The van der Waals surface area contributed by atoms with E-state index >= 15 is 0 Å². The van der Waals surface area contributed by atoms with Crippen molar-refractivity contribution >= 4 is 22.1 Å². The predicted molar refractivity (Wildman–Crippen MR) is 61.7 cm³/mol. The smallest absolute Gasteiger partial charge is 0.244 e. The summed E-state index contributed by atoms with van der Waals surface area (Å²) in [4.78, 5) is 0. The van der Waals surface area contributed by atoms with Crippen LogP contribution >= 0.6 is 0 Å². The van der Waals surface area contributed by atoms with E-state index in [2.05, 4.69) is 71.2 Å². The zero-order valence-corrected chi connectivity index (χ0v) is 15.2. The van der Waals surface area contributed by atoms with Crippen LogP contribution in [-0.4, -0.2) is 9.13 Å². The van der Waals surface area contributed by atoms with Gasteiger partial charge in [-0.25, -0.2) is 18.3 Å². The highest BCUT2D eigenvalue weighted by Gasteiger charge is 2.18. The van der Waals surface area contributed by atoms with Crippen LogP contribution in [0.25, 0.3) is 22.1 Å². The molecule has 0 spiro atoms. The van der Waals surface area contributed by atoms with Crippen molar-refractivity contribution < 1.29 is 57.1 Å². The van der Waals surface area contributed by atoms with Crippen molar-refractivity contribution in [3.8, 4) is 0 Å². The average molecular weight is 470 g/mol. The van der Waals surface area contributed by atoms with Crippen LogP contribution in [0.1, 0.15) is 0 Å². The highest BCUT2D eigenvalue weighted by molar-refractivity contribution is 5.88. The number of benzene rings is 1. The number of imidazole rings is 2. The Kier molecular flexibility index (Phi) is 4.63. The first kappa shape index (κ1) is 15.7. The van der Waals surface area contributed by atoms with Crippen LogP contribution < -0.4 is 57.1 Å². The first-order valence-corrected chi connectivity index (χ1v) is 5.37. The van der Waals surface area contributed by atoms with E-state index in [1.165, 1.54) is 22.1 Å². The zero-order valence-electron chi connectivity index (χ0n) is 10.9. The van der Waals surface area contributed by atoms with E-state index in [0.717, 1.165) is 0 Å². The third kappa shape index (κ3) is 2.13. The average Bonchev–Trinajstić information content (AvgIpc) is 2.67. The number of nitrogens with zero attached hydrogens (tertiary/aromatic N) is 4. The highest BCUT2D eigenvalue weighted by Crippen LogP contribution is 2.17. The summed E-state index contributed by atoms with van der Waals surface area (Å²) in [6, 6.07) is 4.48. The fourth-order valence-electron chi connectivity index (χ4n) is 2.45. The Morgan fingerprint density at radius 2 is 1.17 bits per heavy atom. The molecule has 0 unspecified atom stereocenters. The molecule has 3 aromatic rings. The SMILES string of the molecule is Cn1c[n+](C)c2cc3c(cc21)n(C)c[n+]3C.[I-].[I-]. The van der Waals surface area contributed by atoms with Gasteiger partial charge in [0.2, 0.25) is 12.7 Å². The Morgan fingerprint density at radius 1 is 0.778 bits per heavy atom. The van der Waals surface area contributed by atoms with Gasteiger partial charge in [-0.2, -0.15) is 0 Å². The molecule has 0 N–H and O–H groups in total. The molecular formula is C12H16I2N4. The zero-order chi connectivity index (χ0) is 11.4. The molecule has 0 aliphatic carbocycles. The fourth-order valence-corrected chi connectivity index (χ4v) is 2.45. The fraction of sp³-hybridized carbons (Fsp3) is 0.333. The van der Waals surface area contributed by atoms with Crippen molar-refractivity contribution in [3.63, 3.8) is 0 Å². The van der Waals surface area contributed by atoms with Crippen LogP contribution in [0.2, 0.25) is 0 Å².